The van der Waals surface area contributed by atoms with E-state index in [9.17, 15) is 4.79 Å². The number of nitrogens with zero attached hydrogens (tertiary/aromatic N) is 2. The molecule has 1 aromatic carbocycles. The molecule has 3 rings (SSSR count). The topological polar surface area (TPSA) is 54.5 Å². The fourth-order valence-corrected chi connectivity index (χ4v) is 3.07. The van der Waals surface area contributed by atoms with Gasteiger partial charge in [0.05, 0.1) is 4.47 Å². The molecule has 1 N–H and O–H groups in total. The molecule has 0 atom stereocenters. The third kappa shape index (κ3) is 4.26. The maximum Gasteiger partial charge on any atom is 0.321 e. The van der Waals surface area contributed by atoms with Crippen molar-refractivity contribution in [1.29, 1.82) is 0 Å². The molecule has 0 saturated carbocycles. The average Bonchev–Trinajstić information content (AvgIpc) is 2.57. The Bertz CT molecular complexity index is 715. The summed E-state index contributed by atoms with van der Waals surface area (Å²) in [5.41, 5.74) is 1.96. The van der Waals surface area contributed by atoms with Gasteiger partial charge in [-0.2, -0.15) is 0 Å². The molecule has 0 unspecified atom stereocenters. The van der Waals surface area contributed by atoms with Crippen molar-refractivity contribution in [3.05, 3.63) is 52.6 Å². The highest BCUT2D eigenvalue weighted by molar-refractivity contribution is 9.10. The first kappa shape index (κ1) is 16.8. The fraction of sp³-hybridized carbons (Fsp3) is 0.333. The van der Waals surface area contributed by atoms with Gasteiger partial charge in [-0.3, -0.25) is 0 Å². The number of urea groups is 1. The molecule has 6 heteroatoms. The number of halogens is 1. The van der Waals surface area contributed by atoms with E-state index in [2.05, 4.69) is 26.2 Å². The van der Waals surface area contributed by atoms with Gasteiger partial charge in [0.25, 0.3) is 0 Å². The normalized spacial score (nSPS) is 15.2. The van der Waals surface area contributed by atoms with Gasteiger partial charge < -0.3 is 15.0 Å². The summed E-state index contributed by atoms with van der Waals surface area (Å²) in [6.07, 6.45) is 3.39. The number of carbonyl (C=O) groups is 1. The molecule has 2 amide bonds. The van der Waals surface area contributed by atoms with Crippen LogP contribution in [0.2, 0.25) is 0 Å². The number of piperidine rings is 1. The molecule has 0 aliphatic carbocycles. The summed E-state index contributed by atoms with van der Waals surface area (Å²) in [7, 11) is 0. The Hall–Kier alpha value is -2.08. The summed E-state index contributed by atoms with van der Waals surface area (Å²) in [5, 5.41) is 2.95. The van der Waals surface area contributed by atoms with Crippen LogP contribution in [0.25, 0.3) is 0 Å². The van der Waals surface area contributed by atoms with Crippen molar-refractivity contribution in [2.24, 2.45) is 0 Å². The Labute approximate surface area is 150 Å². The third-order valence-electron chi connectivity index (χ3n) is 4.00. The van der Waals surface area contributed by atoms with E-state index in [1.807, 2.05) is 48.2 Å². The maximum atomic E-state index is 12.4. The molecule has 1 fully saturated rings. The Morgan fingerprint density at radius 1 is 1.29 bits per heavy atom. The minimum absolute atomic E-state index is 0.0573. The molecule has 2 aromatic rings. The highest BCUT2D eigenvalue weighted by Crippen LogP contribution is 2.25. The van der Waals surface area contributed by atoms with Gasteiger partial charge in [0.1, 0.15) is 6.10 Å². The summed E-state index contributed by atoms with van der Waals surface area (Å²) in [5.74, 6) is 0.611. The van der Waals surface area contributed by atoms with Crippen molar-refractivity contribution in [3.63, 3.8) is 0 Å². The van der Waals surface area contributed by atoms with E-state index in [1.54, 1.807) is 6.20 Å². The zero-order valence-electron chi connectivity index (χ0n) is 13.5. The lowest BCUT2D eigenvalue weighted by molar-refractivity contribution is 0.111. The van der Waals surface area contributed by atoms with Crippen LogP contribution in [0.5, 0.6) is 5.88 Å². The quantitative estimate of drug-likeness (QED) is 0.854. The highest BCUT2D eigenvalue weighted by atomic mass is 79.9. The van der Waals surface area contributed by atoms with Crippen molar-refractivity contribution in [2.75, 3.05) is 18.4 Å². The molecule has 1 aromatic heterocycles. The van der Waals surface area contributed by atoms with Gasteiger partial charge >= 0.3 is 6.03 Å². The summed E-state index contributed by atoms with van der Waals surface area (Å²) in [6.45, 7) is 3.35. The number of carbonyl (C=O) groups excluding carboxylic acids is 1. The summed E-state index contributed by atoms with van der Waals surface area (Å²) in [6, 6.07) is 11.5. The monoisotopic (exact) mass is 389 g/mol. The lowest BCUT2D eigenvalue weighted by atomic mass is 10.1. The number of nitrogens with one attached hydrogen (secondary N) is 1. The van der Waals surface area contributed by atoms with E-state index in [4.69, 9.17) is 4.74 Å². The summed E-state index contributed by atoms with van der Waals surface area (Å²) in [4.78, 5) is 18.4. The van der Waals surface area contributed by atoms with Gasteiger partial charge in [0.15, 0.2) is 0 Å². The van der Waals surface area contributed by atoms with Crippen molar-refractivity contribution in [2.45, 2.75) is 25.9 Å². The molecule has 0 radical (unpaired) electrons. The van der Waals surface area contributed by atoms with E-state index in [1.165, 1.54) is 0 Å². The first-order valence-electron chi connectivity index (χ1n) is 8.01. The van der Waals surface area contributed by atoms with Crippen molar-refractivity contribution in [1.82, 2.24) is 9.88 Å². The van der Waals surface area contributed by atoms with Crippen LogP contribution in [0.15, 0.2) is 47.1 Å². The lowest BCUT2D eigenvalue weighted by Crippen LogP contribution is -2.43. The number of aromatic nitrogens is 1. The minimum Gasteiger partial charge on any atom is -0.473 e. The number of hydrogen-bond acceptors (Lipinski definition) is 3. The number of amides is 2. The van der Waals surface area contributed by atoms with E-state index < -0.39 is 0 Å². The second kappa shape index (κ2) is 7.66. The first-order chi connectivity index (χ1) is 11.6. The van der Waals surface area contributed by atoms with Crippen LogP contribution in [-0.2, 0) is 0 Å². The third-order valence-corrected chi connectivity index (χ3v) is 4.61. The van der Waals surface area contributed by atoms with E-state index in [0.717, 1.165) is 28.6 Å². The summed E-state index contributed by atoms with van der Waals surface area (Å²) >= 11 is 3.44. The average molecular weight is 390 g/mol. The highest BCUT2D eigenvalue weighted by Gasteiger charge is 2.24. The molecule has 1 aliphatic rings. The van der Waals surface area contributed by atoms with Crippen LogP contribution < -0.4 is 10.1 Å². The van der Waals surface area contributed by atoms with E-state index >= 15 is 0 Å². The Kier molecular flexibility index (Phi) is 5.35. The predicted molar refractivity (Wildman–Crippen MR) is 97.4 cm³/mol. The van der Waals surface area contributed by atoms with Crippen molar-refractivity contribution in [3.8, 4) is 5.88 Å². The van der Waals surface area contributed by atoms with Crippen LogP contribution in [0.3, 0.4) is 0 Å². The van der Waals surface area contributed by atoms with Crippen LogP contribution in [-0.4, -0.2) is 35.1 Å². The smallest absolute Gasteiger partial charge is 0.321 e. The van der Waals surface area contributed by atoms with Gasteiger partial charge in [0, 0.05) is 37.8 Å². The molecule has 1 aliphatic heterocycles. The zero-order chi connectivity index (χ0) is 16.9. The largest absolute Gasteiger partial charge is 0.473 e. The maximum absolute atomic E-state index is 12.4. The molecular weight excluding hydrogens is 370 g/mol. The molecule has 2 heterocycles. The second-order valence-corrected chi connectivity index (χ2v) is 6.75. The Morgan fingerprint density at radius 3 is 2.79 bits per heavy atom. The van der Waals surface area contributed by atoms with Gasteiger partial charge in [-0.1, -0.05) is 12.1 Å². The van der Waals surface area contributed by atoms with E-state index in [0.29, 0.717) is 19.0 Å². The molecule has 0 spiro atoms. The minimum atomic E-state index is -0.0573. The van der Waals surface area contributed by atoms with Crippen LogP contribution >= 0.6 is 15.9 Å². The van der Waals surface area contributed by atoms with E-state index in [-0.39, 0.29) is 12.1 Å². The van der Waals surface area contributed by atoms with Gasteiger partial charge in [-0.15, -0.1) is 0 Å². The first-order valence-corrected chi connectivity index (χ1v) is 8.81. The molecule has 1 saturated heterocycles. The van der Waals surface area contributed by atoms with Crippen LogP contribution in [0, 0.1) is 6.92 Å². The standard InChI is InChI=1S/C18H20BrN3O2/c1-13-4-2-5-14(12-13)21-18(23)22-10-7-15(8-11-22)24-17-16(19)6-3-9-20-17/h2-6,9,12,15H,7-8,10-11H2,1H3,(H,21,23). The van der Waals surface area contributed by atoms with Crippen LogP contribution in [0.4, 0.5) is 10.5 Å². The Morgan fingerprint density at radius 2 is 2.08 bits per heavy atom. The molecule has 5 nitrogen and oxygen atoms in total. The number of ether oxygens (including phenoxy) is 1. The molecule has 24 heavy (non-hydrogen) atoms. The number of pyridine rings is 1. The van der Waals surface area contributed by atoms with Gasteiger partial charge in [-0.05, 0) is 52.7 Å². The Balaban J connectivity index is 1.51. The number of aryl methyl sites for hydroxylation is 1. The van der Waals surface area contributed by atoms with Crippen molar-refractivity contribution >= 4 is 27.6 Å². The second-order valence-electron chi connectivity index (χ2n) is 5.89. The zero-order valence-corrected chi connectivity index (χ0v) is 15.1. The van der Waals surface area contributed by atoms with Crippen molar-refractivity contribution < 1.29 is 9.53 Å². The number of rotatable bonds is 3. The number of likely N-dealkylation sites (tertiary alicyclic amines) is 1. The predicted octanol–water partition coefficient (Wildman–Crippen LogP) is 4.23. The fourth-order valence-electron chi connectivity index (χ4n) is 2.72. The molecule has 126 valence electrons. The van der Waals surface area contributed by atoms with Gasteiger partial charge in [-0.25, -0.2) is 9.78 Å². The number of benzene rings is 1. The lowest BCUT2D eigenvalue weighted by Gasteiger charge is -2.32. The number of anilines is 1. The van der Waals surface area contributed by atoms with Gasteiger partial charge in [0.2, 0.25) is 5.88 Å². The molecule has 0 bridgehead atoms. The van der Waals surface area contributed by atoms with Crippen LogP contribution in [0.1, 0.15) is 18.4 Å². The summed E-state index contributed by atoms with van der Waals surface area (Å²) < 4.78 is 6.78. The number of hydrogen-bond donors (Lipinski definition) is 1. The molecular formula is C18H20BrN3O2. The SMILES string of the molecule is Cc1cccc(NC(=O)N2CCC(Oc3ncccc3Br)CC2)c1.